The first-order chi connectivity index (χ1) is 11.5. The largest absolute Gasteiger partial charge is 0.483 e. The molecule has 0 radical (unpaired) electrons. The fourth-order valence-corrected chi connectivity index (χ4v) is 2.65. The summed E-state index contributed by atoms with van der Waals surface area (Å²) < 4.78 is 6.29. The molecule has 0 saturated carbocycles. The van der Waals surface area contributed by atoms with Gasteiger partial charge in [-0.2, -0.15) is 5.10 Å². The zero-order valence-electron chi connectivity index (χ0n) is 14.0. The average Bonchev–Trinajstić information content (AvgIpc) is 2.54. The molecule has 0 aromatic heterocycles. The Labute approximate surface area is 151 Å². The molecule has 5 heteroatoms. The van der Waals surface area contributed by atoms with Crippen LogP contribution in [0, 0.1) is 6.92 Å². The standard InChI is InChI=1S/C19H21BrN2O2/c1-13(2)16-7-5-15(6-8-16)11-21-22-19(23)12-24-18-9-4-14(3)10-17(18)20/h4-11,13H,12H2,1-3H3,(H,22,23). The molecule has 126 valence electrons. The molecule has 0 atom stereocenters. The summed E-state index contributed by atoms with van der Waals surface area (Å²) in [6, 6.07) is 13.8. The van der Waals surface area contributed by atoms with E-state index in [9.17, 15) is 4.79 Å². The maximum Gasteiger partial charge on any atom is 0.277 e. The second kappa shape index (κ2) is 8.64. The number of carbonyl (C=O) groups excluding carboxylic acids is 1. The number of benzene rings is 2. The van der Waals surface area contributed by atoms with E-state index in [2.05, 4.69) is 52.4 Å². The van der Waals surface area contributed by atoms with E-state index in [0.717, 1.165) is 15.6 Å². The van der Waals surface area contributed by atoms with Gasteiger partial charge in [-0.3, -0.25) is 4.79 Å². The van der Waals surface area contributed by atoms with Gasteiger partial charge in [-0.25, -0.2) is 5.43 Å². The Morgan fingerprint density at radius 3 is 2.58 bits per heavy atom. The lowest BCUT2D eigenvalue weighted by Gasteiger charge is -2.07. The number of ether oxygens (including phenoxy) is 1. The van der Waals surface area contributed by atoms with Gasteiger partial charge in [-0.05, 0) is 57.6 Å². The summed E-state index contributed by atoms with van der Waals surface area (Å²) in [4.78, 5) is 11.8. The van der Waals surface area contributed by atoms with Crippen molar-refractivity contribution < 1.29 is 9.53 Å². The quantitative estimate of drug-likeness (QED) is 0.588. The minimum atomic E-state index is -0.308. The number of hydrazone groups is 1. The molecule has 0 aliphatic heterocycles. The van der Waals surface area contributed by atoms with Crippen molar-refractivity contribution in [1.29, 1.82) is 0 Å². The first-order valence-electron chi connectivity index (χ1n) is 7.76. The van der Waals surface area contributed by atoms with Crippen molar-refractivity contribution in [1.82, 2.24) is 5.43 Å². The lowest BCUT2D eigenvalue weighted by Crippen LogP contribution is -2.24. The topological polar surface area (TPSA) is 50.7 Å². The molecule has 1 amide bonds. The summed E-state index contributed by atoms with van der Waals surface area (Å²) in [5.41, 5.74) is 5.78. The van der Waals surface area contributed by atoms with Crippen molar-refractivity contribution in [2.24, 2.45) is 5.10 Å². The van der Waals surface area contributed by atoms with E-state index in [1.165, 1.54) is 5.56 Å². The smallest absolute Gasteiger partial charge is 0.277 e. The summed E-state index contributed by atoms with van der Waals surface area (Å²) in [5, 5.41) is 3.95. The van der Waals surface area contributed by atoms with E-state index in [-0.39, 0.29) is 12.5 Å². The highest BCUT2D eigenvalue weighted by atomic mass is 79.9. The first kappa shape index (κ1) is 18.2. The maximum absolute atomic E-state index is 11.8. The maximum atomic E-state index is 11.8. The Bertz CT molecular complexity index is 725. The summed E-state index contributed by atoms with van der Waals surface area (Å²) in [7, 11) is 0. The molecule has 2 rings (SSSR count). The number of halogens is 1. The van der Waals surface area contributed by atoms with Gasteiger partial charge < -0.3 is 4.74 Å². The van der Waals surface area contributed by atoms with Crippen LogP contribution in [0.3, 0.4) is 0 Å². The number of hydrogen-bond donors (Lipinski definition) is 1. The fourth-order valence-electron chi connectivity index (χ4n) is 2.04. The molecule has 0 heterocycles. The molecular formula is C19H21BrN2O2. The van der Waals surface area contributed by atoms with Crippen LogP contribution in [0.25, 0.3) is 0 Å². The number of nitrogens with zero attached hydrogens (tertiary/aromatic N) is 1. The minimum absolute atomic E-state index is 0.0920. The SMILES string of the molecule is Cc1ccc(OCC(=O)NN=Cc2ccc(C(C)C)cc2)c(Br)c1. The van der Waals surface area contributed by atoms with Crippen molar-refractivity contribution >= 4 is 28.1 Å². The van der Waals surface area contributed by atoms with Crippen molar-refractivity contribution in [3.63, 3.8) is 0 Å². The lowest BCUT2D eigenvalue weighted by molar-refractivity contribution is -0.123. The predicted octanol–water partition coefficient (Wildman–Crippen LogP) is 4.41. The van der Waals surface area contributed by atoms with Gasteiger partial charge in [0.1, 0.15) is 5.75 Å². The van der Waals surface area contributed by atoms with Gasteiger partial charge in [-0.1, -0.05) is 44.2 Å². The average molecular weight is 389 g/mol. The van der Waals surface area contributed by atoms with Gasteiger partial charge in [0.15, 0.2) is 6.61 Å². The van der Waals surface area contributed by atoms with Crippen LogP contribution in [0.1, 0.15) is 36.5 Å². The number of carbonyl (C=O) groups is 1. The minimum Gasteiger partial charge on any atom is -0.483 e. The highest BCUT2D eigenvalue weighted by Crippen LogP contribution is 2.25. The Balaban J connectivity index is 1.82. The molecule has 0 bridgehead atoms. The van der Waals surface area contributed by atoms with Gasteiger partial charge in [-0.15, -0.1) is 0 Å². The summed E-state index contributed by atoms with van der Waals surface area (Å²) in [5.74, 6) is 0.815. The highest BCUT2D eigenvalue weighted by molar-refractivity contribution is 9.10. The van der Waals surface area contributed by atoms with Gasteiger partial charge >= 0.3 is 0 Å². The van der Waals surface area contributed by atoms with Gasteiger partial charge in [0.05, 0.1) is 10.7 Å². The molecule has 2 aromatic rings. The third-order valence-electron chi connectivity index (χ3n) is 3.45. The Kier molecular flexibility index (Phi) is 6.55. The first-order valence-corrected chi connectivity index (χ1v) is 8.56. The molecule has 0 fully saturated rings. The van der Waals surface area contributed by atoms with E-state index in [1.54, 1.807) is 6.21 Å². The number of amides is 1. The summed E-state index contributed by atoms with van der Waals surface area (Å²) in [6.07, 6.45) is 1.61. The monoisotopic (exact) mass is 388 g/mol. The lowest BCUT2D eigenvalue weighted by atomic mass is 10.0. The zero-order chi connectivity index (χ0) is 17.5. The summed E-state index contributed by atoms with van der Waals surface area (Å²) >= 11 is 3.41. The van der Waals surface area contributed by atoms with Crippen molar-refractivity contribution in [3.05, 3.63) is 63.6 Å². The van der Waals surface area contributed by atoms with Crippen LogP contribution in [-0.2, 0) is 4.79 Å². The number of aryl methyl sites for hydroxylation is 1. The molecule has 0 aliphatic rings. The summed E-state index contributed by atoms with van der Waals surface area (Å²) in [6.45, 7) is 6.19. The Morgan fingerprint density at radius 1 is 1.25 bits per heavy atom. The van der Waals surface area contributed by atoms with Crippen LogP contribution in [0.2, 0.25) is 0 Å². The Morgan fingerprint density at radius 2 is 1.96 bits per heavy atom. The molecule has 1 N–H and O–H groups in total. The van der Waals surface area contributed by atoms with Gasteiger partial charge in [0.25, 0.3) is 5.91 Å². The van der Waals surface area contributed by atoms with E-state index < -0.39 is 0 Å². The normalized spacial score (nSPS) is 11.0. The van der Waals surface area contributed by atoms with Crippen LogP contribution in [-0.4, -0.2) is 18.7 Å². The second-order valence-electron chi connectivity index (χ2n) is 5.84. The number of hydrogen-bond acceptors (Lipinski definition) is 3. The van der Waals surface area contributed by atoms with Crippen molar-refractivity contribution in [2.75, 3.05) is 6.61 Å². The van der Waals surface area contributed by atoms with Crippen LogP contribution in [0.15, 0.2) is 52.0 Å². The number of nitrogens with one attached hydrogen (secondary N) is 1. The van der Waals surface area contributed by atoms with Crippen LogP contribution in [0.4, 0.5) is 0 Å². The van der Waals surface area contributed by atoms with Crippen LogP contribution in [0.5, 0.6) is 5.75 Å². The van der Waals surface area contributed by atoms with Crippen molar-refractivity contribution in [3.8, 4) is 5.75 Å². The van der Waals surface area contributed by atoms with Gasteiger partial charge in [0.2, 0.25) is 0 Å². The highest BCUT2D eigenvalue weighted by Gasteiger charge is 2.05. The van der Waals surface area contributed by atoms with E-state index in [1.807, 2.05) is 37.3 Å². The molecule has 24 heavy (non-hydrogen) atoms. The molecule has 0 unspecified atom stereocenters. The van der Waals surface area contributed by atoms with Gasteiger partial charge in [0, 0.05) is 0 Å². The van der Waals surface area contributed by atoms with Crippen molar-refractivity contribution in [2.45, 2.75) is 26.7 Å². The molecule has 0 aliphatic carbocycles. The van der Waals surface area contributed by atoms with Crippen LogP contribution >= 0.6 is 15.9 Å². The molecule has 2 aromatic carbocycles. The molecular weight excluding hydrogens is 368 g/mol. The van der Waals surface area contributed by atoms with E-state index >= 15 is 0 Å². The molecule has 0 spiro atoms. The van der Waals surface area contributed by atoms with E-state index in [0.29, 0.717) is 11.7 Å². The van der Waals surface area contributed by atoms with Crippen LogP contribution < -0.4 is 10.2 Å². The molecule has 0 saturated heterocycles. The molecule has 4 nitrogen and oxygen atoms in total. The zero-order valence-corrected chi connectivity index (χ0v) is 15.6. The van der Waals surface area contributed by atoms with E-state index in [4.69, 9.17) is 4.74 Å². The number of rotatable bonds is 6. The Hall–Kier alpha value is -2.14. The fraction of sp³-hybridized carbons (Fsp3) is 0.263. The predicted molar refractivity (Wildman–Crippen MR) is 101 cm³/mol. The third-order valence-corrected chi connectivity index (χ3v) is 4.07. The second-order valence-corrected chi connectivity index (χ2v) is 6.69. The third kappa shape index (κ3) is 5.49.